The Morgan fingerprint density at radius 2 is 2.16 bits per heavy atom. The van der Waals surface area contributed by atoms with Gasteiger partial charge in [0.2, 0.25) is 5.89 Å². The van der Waals surface area contributed by atoms with E-state index in [-0.39, 0.29) is 17.5 Å². The molecule has 2 rings (SSSR count). The lowest BCUT2D eigenvalue weighted by Gasteiger charge is -1.97. The number of methoxy groups -OCH3 is 1. The summed E-state index contributed by atoms with van der Waals surface area (Å²) in [5.41, 5.74) is 1.44. The number of rotatable bonds is 5. The van der Waals surface area contributed by atoms with Crippen LogP contribution < -0.4 is 0 Å². The molecule has 1 heterocycles. The maximum atomic E-state index is 12.8. The number of benzene rings is 1. The van der Waals surface area contributed by atoms with E-state index in [9.17, 15) is 9.18 Å². The maximum Gasteiger partial charge on any atom is 0.315 e. The van der Waals surface area contributed by atoms with E-state index in [2.05, 4.69) is 9.72 Å². The fourth-order valence-electron chi connectivity index (χ4n) is 1.40. The monoisotopic (exact) mass is 281 g/mol. The molecule has 6 heteroatoms. The van der Waals surface area contributed by atoms with Crippen LogP contribution in [0.3, 0.4) is 0 Å². The van der Waals surface area contributed by atoms with Gasteiger partial charge in [-0.15, -0.1) is 11.8 Å². The third-order valence-electron chi connectivity index (χ3n) is 2.34. The van der Waals surface area contributed by atoms with Crippen LogP contribution in [0.1, 0.15) is 5.69 Å². The largest absolute Gasteiger partial charge is 0.468 e. The van der Waals surface area contributed by atoms with E-state index in [1.54, 1.807) is 12.1 Å². The summed E-state index contributed by atoms with van der Waals surface area (Å²) in [5, 5.41) is 0. The molecule has 0 fully saturated rings. The van der Waals surface area contributed by atoms with Gasteiger partial charge in [0, 0.05) is 11.3 Å². The van der Waals surface area contributed by atoms with Gasteiger partial charge < -0.3 is 9.15 Å². The highest BCUT2D eigenvalue weighted by atomic mass is 32.2. The van der Waals surface area contributed by atoms with Gasteiger partial charge in [0.15, 0.2) is 0 Å². The molecule has 0 bridgehead atoms. The minimum atomic E-state index is -0.302. The zero-order valence-corrected chi connectivity index (χ0v) is 11.1. The minimum Gasteiger partial charge on any atom is -0.468 e. The molecule has 0 unspecified atom stereocenters. The second kappa shape index (κ2) is 6.38. The SMILES string of the molecule is COC(=O)CSCc1coc(-c2ccc(F)cc2)n1. The van der Waals surface area contributed by atoms with Gasteiger partial charge in [-0.2, -0.15) is 0 Å². The van der Waals surface area contributed by atoms with E-state index in [4.69, 9.17) is 4.42 Å². The Balaban J connectivity index is 1.95. The fraction of sp³-hybridized carbons (Fsp3) is 0.231. The molecule has 0 amide bonds. The summed E-state index contributed by atoms with van der Waals surface area (Å²) in [7, 11) is 1.35. The molecule has 100 valence electrons. The van der Waals surface area contributed by atoms with Crippen LogP contribution in [0.5, 0.6) is 0 Å². The standard InChI is InChI=1S/C13H12FNO3S/c1-17-12(16)8-19-7-11-6-18-13(15-11)9-2-4-10(14)5-3-9/h2-6H,7-8H2,1H3. The Morgan fingerprint density at radius 1 is 1.42 bits per heavy atom. The molecule has 0 aliphatic rings. The maximum absolute atomic E-state index is 12.8. The number of nitrogens with zero attached hydrogens (tertiary/aromatic N) is 1. The first-order valence-electron chi connectivity index (χ1n) is 5.54. The first-order valence-corrected chi connectivity index (χ1v) is 6.69. The summed E-state index contributed by atoms with van der Waals surface area (Å²) in [6, 6.07) is 5.91. The number of carbonyl (C=O) groups is 1. The lowest BCUT2D eigenvalue weighted by atomic mass is 10.2. The molecule has 0 atom stereocenters. The lowest BCUT2D eigenvalue weighted by molar-refractivity contribution is -0.137. The van der Waals surface area contributed by atoms with Crippen LogP contribution in [-0.2, 0) is 15.3 Å². The molecule has 2 aromatic rings. The molecule has 0 spiro atoms. The minimum absolute atomic E-state index is 0.271. The van der Waals surface area contributed by atoms with Gasteiger partial charge in [-0.25, -0.2) is 9.37 Å². The Hall–Kier alpha value is -1.82. The normalized spacial score (nSPS) is 10.4. The molecular weight excluding hydrogens is 269 g/mol. The van der Waals surface area contributed by atoms with Gasteiger partial charge in [-0.3, -0.25) is 4.79 Å². The summed E-state index contributed by atoms with van der Waals surface area (Å²) in [5.74, 6) is 0.694. The van der Waals surface area contributed by atoms with Gasteiger partial charge >= 0.3 is 5.97 Å². The number of oxazole rings is 1. The van der Waals surface area contributed by atoms with Crippen LogP contribution in [-0.4, -0.2) is 23.8 Å². The van der Waals surface area contributed by atoms with Crippen LogP contribution in [0.25, 0.3) is 11.5 Å². The quantitative estimate of drug-likeness (QED) is 0.789. The Labute approximate surface area is 114 Å². The summed E-state index contributed by atoms with van der Waals surface area (Å²) in [6.45, 7) is 0. The van der Waals surface area contributed by atoms with E-state index in [0.717, 1.165) is 5.69 Å². The predicted molar refractivity (Wildman–Crippen MR) is 70.1 cm³/mol. The number of halogens is 1. The van der Waals surface area contributed by atoms with Crippen molar-refractivity contribution in [3.63, 3.8) is 0 Å². The van der Waals surface area contributed by atoms with E-state index < -0.39 is 0 Å². The van der Waals surface area contributed by atoms with Crippen LogP contribution in [0.15, 0.2) is 34.9 Å². The van der Waals surface area contributed by atoms with Crippen molar-refractivity contribution in [2.45, 2.75) is 5.75 Å². The molecule has 0 N–H and O–H groups in total. The topological polar surface area (TPSA) is 52.3 Å². The van der Waals surface area contributed by atoms with Crippen LogP contribution in [0.4, 0.5) is 4.39 Å². The summed E-state index contributed by atoms with van der Waals surface area (Å²) in [6.07, 6.45) is 1.53. The number of hydrogen-bond donors (Lipinski definition) is 0. The molecule has 0 saturated heterocycles. The van der Waals surface area contributed by atoms with Crippen molar-refractivity contribution in [1.82, 2.24) is 4.98 Å². The Bertz CT molecular complexity index is 553. The molecule has 19 heavy (non-hydrogen) atoms. The third kappa shape index (κ3) is 3.82. The third-order valence-corrected chi connectivity index (χ3v) is 3.28. The number of aromatic nitrogens is 1. The number of hydrogen-bond acceptors (Lipinski definition) is 5. The molecule has 0 radical (unpaired) electrons. The average molecular weight is 281 g/mol. The van der Waals surface area contributed by atoms with Gasteiger partial charge in [0.1, 0.15) is 12.1 Å². The van der Waals surface area contributed by atoms with Crippen molar-refractivity contribution in [3.8, 4) is 11.5 Å². The van der Waals surface area contributed by atoms with Crippen molar-refractivity contribution in [2.24, 2.45) is 0 Å². The summed E-state index contributed by atoms with van der Waals surface area (Å²) in [4.78, 5) is 15.2. The van der Waals surface area contributed by atoms with Crippen LogP contribution >= 0.6 is 11.8 Å². The molecule has 4 nitrogen and oxygen atoms in total. The van der Waals surface area contributed by atoms with Crippen molar-refractivity contribution in [1.29, 1.82) is 0 Å². The Morgan fingerprint density at radius 3 is 2.84 bits per heavy atom. The first kappa shape index (κ1) is 13.6. The zero-order valence-electron chi connectivity index (χ0n) is 10.3. The predicted octanol–water partition coefficient (Wildman–Crippen LogP) is 2.89. The van der Waals surface area contributed by atoms with E-state index in [1.807, 2.05) is 0 Å². The van der Waals surface area contributed by atoms with Gasteiger partial charge in [-0.1, -0.05) is 0 Å². The highest BCUT2D eigenvalue weighted by Gasteiger charge is 2.08. The highest BCUT2D eigenvalue weighted by molar-refractivity contribution is 7.99. The Kier molecular flexibility index (Phi) is 4.57. The number of thioether (sulfide) groups is 1. The second-order valence-corrected chi connectivity index (χ2v) is 4.71. The summed E-state index contributed by atoms with van der Waals surface area (Å²) < 4.78 is 22.6. The van der Waals surface area contributed by atoms with Crippen LogP contribution in [0, 0.1) is 5.82 Å². The molecule has 1 aromatic heterocycles. The number of carbonyl (C=O) groups excluding carboxylic acids is 1. The molecule has 0 saturated carbocycles. The molecule has 0 aliphatic carbocycles. The van der Waals surface area contributed by atoms with E-state index in [0.29, 0.717) is 17.2 Å². The zero-order chi connectivity index (χ0) is 13.7. The van der Waals surface area contributed by atoms with Crippen molar-refractivity contribution >= 4 is 17.7 Å². The summed E-state index contributed by atoms with van der Waals surface area (Å²) >= 11 is 1.39. The average Bonchev–Trinajstić information content (AvgIpc) is 2.88. The first-order chi connectivity index (χ1) is 9.19. The van der Waals surface area contributed by atoms with Gasteiger partial charge in [-0.05, 0) is 24.3 Å². The smallest absolute Gasteiger partial charge is 0.315 e. The second-order valence-electron chi connectivity index (χ2n) is 3.72. The number of ether oxygens (including phenoxy) is 1. The lowest BCUT2D eigenvalue weighted by Crippen LogP contribution is -2.03. The van der Waals surface area contributed by atoms with Crippen molar-refractivity contribution in [3.05, 3.63) is 42.0 Å². The highest BCUT2D eigenvalue weighted by Crippen LogP contribution is 2.21. The fourth-order valence-corrected chi connectivity index (χ4v) is 2.12. The molecule has 0 aliphatic heterocycles. The van der Waals surface area contributed by atoms with E-state index in [1.165, 1.54) is 37.3 Å². The molecular formula is C13H12FNO3S. The van der Waals surface area contributed by atoms with Crippen molar-refractivity contribution in [2.75, 3.05) is 12.9 Å². The number of esters is 1. The van der Waals surface area contributed by atoms with E-state index >= 15 is 0 Å². The van der Waals surface area contributed by atoms with Gasteiger partial charge in [0.25, 0.3) is 0 Å². The molecule has 1 aromatic carbocycles. The van der Waals surface area contributed by atoms with Crippen LogP contribution in [0.2, 0.25) is 0 Å². The van der Waals surface area contributed by atoms with Crippen molar-refractivity contribution < 1.29 is 18.3 Å². The van der Waals surface area contributed by atoms with Gasteiger partial charge in [0.05, 0.1) is 18.6 Å².